The number of rotatable bonds is 5. The van der Waals surface area contributed by atoms with Crippen LogP contribution in [0, 0.1) is 5.82 Å². The van der Waals surface area contributed by atoms with Gasteiger partial charge in [0.2, 0.25) is 0 Å². The van der Waals surface area contributed by atoms with E-state index < -0.39 is 15.7 Å². The molecule has 0 heterocycles. The fourth-order valence-electron chi connectivity index (χ4n) is 1.55. The van der Waals surface area contributed by atoms with E-state index in [9.17, 15) is 12.8 Å². The van der Waals surface area contributed by atoms with E-state index in [-0.39, 0.29) is 11.8 Å². The Morgan fingerprint density at radius 2 is 2.12 bits per heavy atom. The first-order valence-electron chi connectivity index (χ1n) is 5.09. The third-order valence-corrected chi connectivity index (χ3v) is 3.22. The van der Waals surface area contributed by atoms with Crippen LogP contribution in [0.3, 0.4) is 0 Å². The lowest BCUT2D eigenvalue weighted by molar-refractivity contribution is 0.412. The van der Waals surface area contributed by atoms with Crippen molar-refractivity contribution in [1.29, 1.82) is 0 Å². The van der Waals surface area contributed by atoms with Gasteiger partial charge in [-0.15, -0.1) is 0 Å². The Hall–Kier alpha value is -1.30. The average Bonchev–Trinajstić information content (AvgIpc) is 2.17. The van der Waals surface area contributed by atoms with Crippen molar-refractivity contribution in [3.05, 3.63) is 24.0 Å². The molecule has 0 saturated carbocycles. The zero-order valence-electron chi connectivity index (χ0n) is 10.0. The number of benzene rings is 1. The first-order valence-corrected chi connectivity index (χ1v) is 7.15. The minimum atomic E-state index is -3.05. The van der Waals surface area contributed by atoms with Gasteiger partial charge in [0.15, 0.2) is 0 Å². The van der Waals surface area contributed by atoms with Gasteiger partial charge in [-0.25, -0.2) is 12.8 Å². The third-order valence-electron chi connectivity index (χ3n) is 2.12. The molecule has 6 heteroatoms. The highest BCUT2D eigenvalue weighted by Gasteiger charge is 2.12. The molecular formula is C11H16FNO3S. The van der Waals surface area contributed by atoms with Crippen molar-refractivity contribution in [3.63, 3.8) is 0 Å². The van der Waals surface area contributed by atoms with E-state index in [2.05, 4.69) is 5.32 Å². The van der Waals surface area contributed by atoms with Crippen LogP contribution in [-0.2, 0) is 9.84 Å². The van der Waals surface area contributed by atoms with E-state index in [0.29, 0.717) is 11.4 Å². The van der Waals surface area contributed by atoms with Gasteiger partial charge in [0.05, 0.1) is 18.6 Å². The van der Waals surface area contributed by atoms with Crippen LogP contribution >= 0.6 is 0 Å². The predicted octanol–water partition coefficient (Wildman–Crippen LogP) is 1.68. The quantitative estimate of drug-likeness (QED) is 0.876. The van der Waals surface area contributed by atoms with Gasteiger partial charge < -0.3 is 10.1 Å². The molecule has 17 heavy (non-hydrogen) atoms. The van der Waals surface area contributed by atoms with E-state index in [0.717, 1.165) is 0 Å². The van der Waals surface area contributed by atoms with E-state index in [1.54, 1.807) is 6.92 Å². The molecule has 0 aliphatic carbocycles. The summed E-state index contributed by atoms with van der Waals surface area (Å²) in [6, 6.07) is 3.78. The number of methoxy groups -OCH3 is 1. The van der Waals surface area contributed by atoms with Crippen molar-refractivity contribution in [3.8, 4) is 5.75 Å². The summed E-state index contributed by atoms with van der Waals surface area (Å²) in [5.41, 5.74) is 0.574. The number of anilines is 1. The first-order chi connectivity index (χ1) is 7.81. The number of sulfone groups is 1. The number of hydrogen-bond acceptors (Lipinski definition) is 4. The number of halogens is 1. The van der Waals surface area contributed by atoms with Crippen molar-refractivity contribution in [2.75, 3.05) is 24.4 Å². The molecular weight excluding hydrogens is 245 g/mol. The van der Waals surface area contributed by atoms with Gasteiger partial charge >= 0.3 is 0 Å². The molecule has 1 unspecified atom stereocenters. The summed E-state index contributed by atoms with van der Waals surface area (Å²) in [5.74, 6) is -0.0402. The van der Waals surface area contributed by atoms with Crippen LogP contribution in [0.5, 0.6) is 5.75 Å². The Balaban J connectivity index is 2.81. The molecule has 1 N–H and O–H groups in total. The summed E-state index contributed by atoms with van der Waals surface area (Å²) in [7, 11) is -1.62. The van der Waals surface area contributed by atoms with Crippen LogP contribution in [0.2, 0.25) is 0 Å². The fourth-order valence-corrected chi connectivity index (χ4v) is 2.54. The van der Waals surface area contributed by atoms with Gasteiger partial charge in [0.25, 0.3) is 0 Å². The molecule has 0 spiro atoms. The molecule has 0 aromatic heterocycles. The second kappa shape index (κ2) is 5.35. The number of hydrogen-bond donors (Lipinski definition) is 1. The number of nitrogens with one attached hydrogen (secondary N) is 1. The Morgan fingerprint density at radius 3 is 2.65 bits per heavy atom. The smallest absolute Gasteiger partial charge is 0.149 e. The largest absolute Gasteiger partial charge is 0.494 e. The van der Waals surface area contributed by atoms with E-state index >= 15 is 0 Å². The molecule has 0 aliphatic heterocycles. The van der Waals surface area contributed by atoms with Gasteiger partial charge in [-0.3, -0.25) is 0 Å². The summed E-state index contributed by atoms with van der Waals surface area (Å²) in [5, 5.41) is 2.97. The Labute approximate surface area is 101 Å². The Kier molecular flexibility index (Phi) is 4.34. The van der Waals surface area contributed by atoms with Crippen molar-refractivity contribution < 1.29 is 17.5 Å². The average molecular weight is 261 g/mol. The maximum atomic E-state index is 12.9. The minimum absolute atomic E-state index is 0.00747. The molecule has 96 valence electrons. The van der Waals surface area contributed by atoms with Crippen molar-refractivity contribution in [2.24, 2.45) is 0 Å². The second-order valence-electron chi connectivity index (χ2n) is 3.98. The first kappa shape index (κ1) is 13.8. The molecule has 0 aliphatic rings. The summed E-state index contributed by atoms with van der Waals surface area (Å²) in [6.07, 6.45) is 1.17. The van der Waals surface area contributed by atoms with Crippen molar-refractivity contribution in [2.45, 2.75) is 13.0 Å². The van der Waals surface area contributed by atoms with Crippen molar-refractivity contribution >= 4 is 15.5 Å². The molecule has 1 aromatic carbocycles. The van der Waals surface area contributed by atoms with Gasteiger partial charge in [0.1, 0.15) is 21.4 Å². The standard InChI is InChI=1S/C11H16FNO3S/c1-8(7-17(3,14)15)13-10-5-4-9(12)6-11(10)16-2/h4-6,8,13H,7H2,1-3H3. The van der Waals surface area contributed by atoms with Crippen LogP contribution in [-0.4, -0.2) is 33.6 Å². The van der Waals surface area contributed by atoms with Gasteiger partial charge in [-0.1, -0.05) is 0 Å². The predicted molar refractivity (Wildman–Crippen MR) is 65.7 cm³/mol. The van der Waals surface area contributed by atoms with Gasteiger partial charge in [0, 0.05) is 18.4 Å². The summed E-state index contributed by atoms with van der Waals surface area (Å²) in [6.45, 7) is 1.74. The molecule has 1 aromatic rings. The van der Waals surface area contributed by atoms with Crippen LogP contribution in [0.15, 0.2) is 18.2 Å². The van der Waals surface area contributed by atoms with Gasteiger partial charge in [-0.2, -0.15) is 0 Å². The molecule has 0 radical (unpaired) electrons. The maximum Gasteiger partial charge on any atom is 0.149 e. The normalized spacial score (nSPS) is 13.2. The third kappa shape index (κ3) is 4.60. The molecule has 0 fully saturated rings. The van der Waals surface area contributed by atoms with Crippen LogP contribution in [0.25, 0.3) is 0 Å². The molecule has 1 atom stereocenters. The molecule has 0 saturated heterocycles. The van der Waals surface area contributed by atoms with Crippen molar-refractivity contribution in [1.82, 2.24) is 0 Å². The molecule has 0 amide bonds. The minimum Gasteiger partial charge on any atom is -0.494 e. The zero-order chi connectivity index (χ0) is 13.1. The fraction of sp³-hybridized carbons (Fsp3) is 0.455. The van der Waals surface area contributed by atoms with Crippen LogP contribution in [0.4, 0.5) is 10.1 Å². The molecule has 0 bridgehead atoms. The highest BCUT2D eigenvalue weighted by Crippen LogP contribution is 2.25. The maximum absolute atomic E-state index is 12.9. The molecule has 1 rings (SSSR count). The lowest BCUT2D eigenvalue weighted by Crippen LogP contribution is -2.25. The van der Waals surface area contributed by atoms with E-state index in [1.165, 1.54) is 31.6 Å². The number of ether oxygens (including phenoxy) is 1. The Bertz CT molecular complexity index is 487. The van der Waals surface area contributed by atoms with Crippen LogP contribution < -0.4 is 10.1 Å². The van der Waals surface area contributed by atoms with Gasteiger partial charge in [-0.05, 0) is 19.1 Å². The summed E-state index contributed by atoms with van der Waals surface area (Å²) in [4.78, 5) is 0. The lowest BCUT2D eigenvalue weighted by Gasteiger charge is -2.16. The van der Waals surface area contributed by atoms with E-state index in [1.807, 2.05) is 0 Å². The highest BCUT2D eigenvalue weighted by atomic mass is 32.2. The topological polar surface area (TPSA) is 55.4 Å². The van der Waals surface area contributed by atoms with Crippen LogP contribution in [0.1, 0.15) is 6.92 Å². The monoisotopic (exact) mass is 261 g/mol. The zero-order valence-corrected chi connectivity index (χ0v) is 10.8. The van der Waals surface area contributed by atoms with E-state index in [4.69, 9.17) is 4.74 Å². The Morgan fingerprint density at radius 1 is 1.47 bits per heavy atom. The summed E-state index contributed by atoms with van der Waals surface area (Å²) < 4.78 is 40.2. The molecule has 4 nitrogen and oxygen atoms in total. The lowest BCUT2D eigenvalue weighted by atomic mass is 10.2. The SMILES string of the molecule is COc1cc(F)ccc1NC(C)CS(C)(=O)=O. The highest BCUT2D eigenvalue weighted by molar-refractivity contribution is 7.90. The second-order valence-corrected chi connectivity index (χ2v) is 6.17. The summed E-state index contributed by atoms with van der Waals surface area (Å²) >= 11 is 0.